The van der Waals surface area contributed by atoms with Crippen molar-refractivity contribution >= 4 is 11.8 Å². The molecule has 1 fully saturated rings. The molecule has 0 radical (unpaired) electrons. The summed E-state index contributed by atoms with van der Waals surface area (Å²) in [6, 6.07) is 0.100. The van der Waals surface area contributed by atoms with E-state index in [2.05, 4.69) is 29.8 Å². The molecule has 1 aliphatic rings. The van der Waals surface area contributed by atoms with E-state index in [0.29, 0.717) is 18.9 Å². The van der Waals surface area contributed by atoms with Crippen LogP contribution in [0.5, 0.6) is 0 Å². The van der Waals surface area contributed by atoms with Gasteiger partial charge in [0.05, 0.1) is 6.54 Å². The lowest BCUT2D eigenvalue weighted by molar-refractivity contribution is -0.121. The maximum Gasteiger partial charge on any atom is 0.233 e. The smallest absolute Gasteiger partial charge is 0.233 e. The molecule has 3 N–H and O–H groups in total. The van der Waals surface area contributed by atoms with Crippen molar-refractivity contribution in [1.82, 2.24) is 16.0 Å². The van der Waals surface area contributed by atoms with Crippen LogP contribution < -0.4 is 16.0 Å². The van der Waals surface area contributed by atoms with Crippen LogP contribution in [-0.2, 0) is 9.59 Å². The summed E-state index contributed by atoms with van der Waals surface area (Å²) in [7, 11) is 0. The molecule has 1 atom stereocenters. The van der Waals surface area contributed by atoms with E-state index >= 15 is 0 Å². The van der Waals surface area contributed by atoms with Crippen molar-refractivity contribution in [2.45, 2.75) is 32.7 Å². The molecule has 0 aromatic carbocycles. The molecule has 1 unspecified atom stereocenters. The van der Waals surface area contributed by atoms with Crippen molar-refractivity contribution in [2.24, 2.45) is 5.92 Å². The van der Waals surface area contributed by atoms with E-state index in [1.807, 2.05) is 0 Å². The lowest BCUT2D eigenvalue weighted by atomic mass is 10.1. The predicted molar refractivity (Wildman–Crippen MR) is 61.9 cm³/mol. The molecule has 5 heteroatoms. The topological polar surface area (TPSA) is 70.2 Å². The molecule has 1 aliphatic heterocycles. The van der Waals surface area contributed by atoms with Crippen molar-refractivity contribution in [3.63, 3.8) is 0 Å². The summed E-state index contributed by atoms with van der Waals surface area (Å²) in [5.41, 5.74) is 0. The summed E-state index contributed by atoms with van der Waals surface area (Å²) in [6.45, 7) is 5.89. The second-order valence-corrected chi connectivity index (χ2v) is 4.62. The Morgan fingerprint density at radius 3 is 2.88 bits per heavy atom. The third-order valence-electron chi connectivity index (χ3n) is 2.57. The first kappa shape index (κ1) is 13.0. The van der Waals surface area contributed by atoms with Crippen LogP contribution in [0.2, 0.25) is 0 Å². The summed E-state index contributed by atoms with van der Waals surface area (Å²) >= 11 is 0. The normalized spacial score (nSPS) is 19.9. The number of hydrogen-bond acceptors (Lipinski definition) is 3. The molecule has 0 bridgehead atoms. The number of rotatable bonds is 6. The molecule has 0 saturated carbocycles. The molecular formula is C11H21N3O2. The van der Waals surface area contributed by atoms with Crippen LogP contribution in [0.3, 0.4) is 0 Å². The zero-order valence-corrected chi connectivity index (χ0v) is 10.0. The van der Waals surface area contributed by atoms with Gasteiger partial charge in [-0.15, -0.1) is 0 Å². The Morgan fingerprint density at radius 2 is 2.31 bits per heavy atom. The molecule has 0 spiro atoms. The summed E-state index contributed by atoms with van der Waals surface area (Å²) in [5.74, 6) is 0.655. The summed E-state index contributed by atoms with van der Waals surface area (Å²) in [4.78, 5) is 22.3. The van der Waals surface area contributed by atoms with Crippen molar-refractivity contribution in [1.29, 1.82) is 0 Å². The predicted octanol–water partition coefficient (Wildman–Crippen LogP) is -0.373. The number of carbonyl (C=O) groups is 2. The van der Waals surface area contributed by atoms with Crippen molar-refractivity contribution < 1.29 is 9.59 Å². The molecule has 0 aliphatic carbocycles. The molecule has 0 aromatic heterocycles. The highest BCUT2D eigenvalue weighted by molar-refractivity contribution is 5.80. The minimum Gasteiger partial charge on any atom is -0.355 e. The summed E-state index contributed by atoms with van der Waals surface area (Å²) < 4.78 is 0. The van der Waals surface area contributed by atoms with Gasteiger partial charge in [-0.2, -0.15) is 0 Å². The Bertz CT molecular complexity index is 254. The largest absolute Gasteiger partial charge is 0.355 e. The number of carbonyl (C=O) groups excluding carboxylic acids is 2. The first-order valence-corrected chi connectivity index (χ1v) is 5.84. The van der Waals surface area contributed by atoms with E-state index in [9.17, 15) is 9.59 Å². The molecule has 16 heavy (non-hydrogen) atoms. The van der Waals surface area contributed by atoms with Gasteiger partial charge in [0, 0.05) is 25.6 Å². The second-order valence-electron chi connectivity index (χ2n) is 4.62. The molecule has 5 nitrogen and oxygen atoms in total. The molecular weight excluding hydrogens is 206 g/mol. The highest BCUT2D eigenvalue weighted by Gasteiger charge is 2.21. The van der Waals surface area contributed by atoms with E-state index in [4.69, 9.17) is 0 Å². The number of amides is 2. The van der Waals surface area contributed by atoms with E-state index in [1.165, 1.54) is 0 Å². The van der Waals surface area contributed by atoms with Gasteiger partial charge in [-0.3, -0.25) is 9.59 Å². The van der Waals surface area contributed by atoms with E-state index in [-0.39, 0.29) is 24.4 Å². The average molecular weight is 227 g/mol. The minimum atomic E-state index is -0.000000945. The quantitative estimate of drug-likeness (QED) is 0.579. The van der Waals surface area contributed by atoms with Gasteiger partial charge in [0.25, 0.3) is 0 Å². The Hall–Kier alpha value is -1.10. The fraction of sp³-hybridized carbons (Fsp3) is 0.818. The van der Waals surface area contributed by atoms with Crippen LogP contribution in [-0.4, -0.2) is 37.5 Å². The van der Waals surface area contributed by atoms with Gasteiger partial charge in [-0.25, -0.2) is 0 Å². The van der Waals surface area contributed by atoms with Gasteiger partial charge in [-0.05, 0) is 12.3 Å². The van der Waals surface area contributed by atoms with Gasteiger partial charge < -0.3 is 16.0 Å². The number of nitrogens with one attached hydrogen (secondary N) is 3. The van der Waals surface area contributed by atoms with Crippen LogP contribution >= 0.6 is 0 Å². The monoisotopic (exact) mass is 227 g/mol. The fourth-order valence-electron chi connectivity index (χ4n) is 1.55. The second kappa shape index (κ2) is 6.48. The Kier molecular flexibility index (Phi) is 5.25. The van der Waals surface area contributed by atoms with Crippen LogP contribution in [0.4, 0.5) is 0 Å². The van der Waals surface area contributed by atoms with Crippen molar-refractivity contribution in [3.05, 3.63) is 0 Å². The van der Waals surface area contributed by atoms with Gasteiger partial charge in [0.15, 0.2) is 0 Å². The third kappa shape index (κ3) is 5.11. The van der Waals surface area contributed by atoms with E-state index in [0.717, 1.165) is 13.0 Å². The standard InChI is InChI=1S/C11H21N3O2/c1-8(2)3-4-12-11(16)7-13-9-5-10(15)14-6-9/h8-9,13H,3-7H2,1-2H3,(H,12,16)(H,14,15). The Labute approximate surface area is 96.4 Å². The third-order valence-corrected chi connectivity index (χ3v) is 2.57. The summed E-state index contributed by atoms with van der Waals surface area (Å²) in [6.07, 6.45) is 1.47. The fourth-order valence-corrected chi connectivity index (χ4v) is 1.55. The van der Waals surface area contributed by atoms with Gasteiger partial charge in [0.2, 0.25) is 11.8 Å². The Balaban J connectivity index is 2.04. The van der Waals surface area contributed by atoms with Gasteiger partial charge in [-0.1, -0.05) is 13.8 Å². The first-order valence-electron chi connectivity index (χ1n) is 5.84. The number of hydrogen-bond donors (Lipinski definition) is 3. The zero-order valence-electron chi connectivity index (χ0n) is 10.0. The highest BCUT2D eigenvalue weighted by atomic mass is 16.2. The zero-order chi connectivity index (χ0) is 12.0. The molecule has 92 valence electrons. The highest BCUT2D eigenvalue weighted by Crippen LogP contribution is 1.98. The van der Waals surface area contributed by atoms with Crippen LogP contribution in [0, 0.1) is 5.92 Å². The van der Waals surface area contributed by atoms with Gasteiger partial charge >= 0.3 is 0 Å². The van der Waals surface area contributed by atoms with Crippen molar-refractivity contribution in [2.75, 3.05) is 19.6 Å². The van der Waals surface area contributed by atoms with E-state index in [1.54, 1.807) is 0 Å². The SMILES string of the molecule is CC(C)CCNC(=O)CNC1CNC(=O)C1. The van der Waals surface area contributed by atoms with E-state index < -0.39 is 0 Å². The average Bonchev–Trinajstić information content (AvgIpc) is 2.61. The first-order chi connectivity index (χ1) is 7.58. The van der Waals surface area contributed by atoms with Crippen LogP contribution in [0.1, 0.15) is 26.7 Å². The van der Waals surface area contributed by atoms with Gasteiger partial charge in [0.1, 0.15) is 0 Å². The molecule has 1 rings (SSSR count). The molecule has 1 saturated heterocycles. The lowest BCUT2D eigenvalue weighted by Gasteiger charge is -2.11. The minimum absolute atomic E-state index is 0.000000945. The lowest BCUT2D eigenvalue weighted by Crippen LogP contribution is -2.40. The van der Waals surface area contributed by atoms with Crippen molar-refractivity contribution in [3.8, 4) is 0 Å². The molecule has 0 aromatic rings. The van der Waals surface area contributed by atoms with Crippen LogP contribution in [0.25, 0.3) is 0 Å². The van der Waals surface area contributed by atoms with Crippen LogP contribution in [0.15, 0.2) is 0 Å². The molecule has 1 heterocycles. The Morgan fingerprint density at radius 1 is 1.56 bits per heavy atom. The molecule has 2 amide bonds. The maximum absolute atomic E-state index is 11.4. The maximum atomic E-state index is 11.4. The summed E-state index contributed by atoms with van der Waals surface area (Å²) in [5, 5.41) is 8.62.